The first kappa shape index (κ1) is 16.8. The zero-order valence-electron chi connectivity index (χ0n) is 12.8. The van der Waals surface area contributed by atoms with E-state index in [1.807, 2.05) is 0 Å². The lowest BCUT2D eigenvalue weighted by atomic mass is 9.97. The average Bonchev–Trinajstić information content (AvgIpc) is 2.46. The highest BCUT2D eigenvalue weighted by molar-refractivity contribution is 6.31. The van der Waals surface area contributed by atoms with Crippen LogP contribution in [0.4, 0.5) is 5.69 Å². The van der Waals surface area contributed by atoms with Crippen LogP contribution < -0.4 is 10.6 Å². The number of quaternary nitrogens is 1. The van der Waals surface area contributed by atoms with Gasteiger partial charge < -0.3 is 10.6 Å². The molecule has 0 radical (unpaired) electrons. The predicted molar refractivity (Wildman–Crippen MR) is 87.7 cm³/mol. The van der Waals surface area contributed by atoms with Crippen LogP contribution >= 0.6 is 11.6 Å². The van der Waals surface area contributed by atoms with Gasteiger partial charge in [-0.2, -0.15) is 5.26 Å². The molecule has 1 aliphatic rings. The molecule has 1 saturated carbocycles. The monoisotopic (exact) mass is 320 g/mol. The van der Waals surface area contributed by atoms with E-state index in [9.17, 15) is 4.79 Å². The van der Waals surface area contributed by atoms with Crippen LogP contribution in [0.3, 0.4) is 0 Å². The summed E-state index contributed by atoms with van der Waals surface area (Å²) in [6, 6.07) is 7.50. The third-order valence-electron chi connectivity index (χ3n) is 4.16. The third kappa shape index (κ3) is 5.32. The molecule has 0 aromatic heterocycles. The SMILES string of the molecule is N#Cc1ccc(Cl)cc1NC(=O)C[NH2+]C1CCCCCCC1. The molecule has 22 heavy (non-hydrogen) atoms. The topological polar surface area (TPSA) is 69.5 Å². The van der Waals surface area contributed by atoms with Crippen LogP contribution in [0.1, 0.15) is 50.5 Å². The summed E-state index contributed by atoms with van der Waals surface area (Å²) in [4.78, 5) is 12.1. The summed E-state index contributed by atoms with van der Waals surface area (Å²) in [6.45, 7) is 0.391. The highest BCUT2D eigenvalue weighted by Crippen LogP contribution is 2.20. The van der Waals surface area contributed by atoms with E-state index < -0.39 is 0 Å². The summed E-state index contributed by atoms with van der Waals surface area (Å²) >= 11 is 5.92. The lowest BCUT2D eigenvalue weighted by molar-refractivity contribution is -0.680. The van der Waals surface area contributed by atoms with Crippen LogP contribution in [0, 0.1) is 11.3 Å². The van der Waals surface area contributed by atoms with Crippen LogP contribution in [-0.2, 0) is 4.79 Å². The number of nitrogens with one attached hydrogen (secondary N) is 1. The highest BCUT2D eigenvalue weighted by atomic mass is 35.5. The minimum absolute atomic E-state index is 0.0826. The summed E-state index contributed by atoms with van der Waals surface area (Å²) in [5, 5.41) is 14.5. The number of amides is 1. The van der Waals surface area contributed by atoms with Gasteiger partial charge in [0.2, 0.25) is 0 Å². The number of nitrogens with two attached hydrogens (primary N) is 1. The summed E-state index contributed by atoms with van der Waals surface area (Å²) in [5.41, 5.74) is 0.926. The van der Waals surface area contributed by atoms with Crippen LogP contribution in [0.15, 0.2) is 18.2 Å². The molecule has 5 heteroatoms. The van der Waals surface area contributed by atoms with E-state index in [1.165, 1.54) is 44.9 Å². The Morgan fingerprint density at radius 3 is 2.64 bits per heavy atom. The largest absolute Gasteiger partial charge is 0.336 e. The maximum absolute atomic E-state index is 12.1. The van der Waals surface area contributed by atoms with Crippen LogP contribution in [0.25, 0.3) is 0 Å². The fourth-order valence-corrected chi connectivity index (χ4v) is 3.09. The van der Waals surface area contributed by atoms with Gasteiger partial charge in [0.25, 0.3) is 5.91 Å². The van der Waals surface area contributed by atoms with Crippen molar-refractivity contribution in [3.05, 3.63) is 28.8 Å². The molecule has 1 aliphatic carbocycles. The van der Waals surface area contributed by atoms with E-state index in [1.54, 1.807) is 18.2 Å². The normalized spacial score (nSPS) is 16.4. The molecule has 0 unspecified atom stereocenters. The Morgan fingerprint density at radius 1 is 1.27 bits per heavy atom. The van der Waals surface area contributed by atoms with Gasteiger partial charge in [-0.3, -0.25) is 4.79 Å². The number of halogens is 1. The van der Waals surface area contributed by atoms with Crippen molar-refractivity contribution in [1.29, 1.82) is 5.26 Å². The Bertz CT molecular complexity index is 545. The molecule has 1 amide bonds. The molecule has 1 aromatic rings. The van der Waals surface area contributed by atoms with Gasteiger partial charge in [-0.05, 0) is 43.9 Å². The third-order valence-corrected chi connectivity index (χ3v) is 4.40. The lowest BCUT2D eigenvalue weighted by Gasteiger charge is -2.18. The molecule has 118 valence electrons. The average molecular weight is 321 g/mol. The fraction of sp³-hybridized carbons (Fsp3) is 0.529. The molecule has 0 bridgehead atoms. The number of carbonyl (C=O) groups excluding carboxylic acids is 1. The van der Waals surface area contributed by atoms with Gasteiger partial charge in [0.1, 0.15) is 6.07 Å². The number of hydrogen-bond acceptors (Lipinski definition) is 2. The molecular weight excluding hydrogens is 298 g/mol. The Morgan fingerprint density at radius 2 is 1.95 bits per heavy atom. The summed E-state index contributed by atoms with van der Waals surface area (Å²) in [6.07, 6.45) is 8.86. The molecule has 0 atom stereocenters. The van der Waals surface area contributed by atoms with E-state index in [0.717, 1.165) is 0 Å². The molecule has 3 N–H and O–H groups in total. The molecule has 4 nitrogen and oxygen atoms in total. The Balaban J connectivity index is 1.85. The predicted octanol–water partition coefficient (Wildman–Crippen LogP) is 2.83. The van der Waals surface area contributed by atoms with Gasteiger partial charge in [-0.25, -0.2) is 0 Å². The smallest absolute Gasteiger partial charge is 0.279 e. The number of rotatable bonds is 4. The molecular formula is C17H23ClN3O+. The van der Waals surface area contributed by atoms with Crippen LogP contribution in [0.5, 0.6) is 0 Å². The van der Waals surface area contributed by atoms with E-state index >= 15 is 0 Å². The number of anilines is 1. The van der Waals surface area contributed by atoms with Gasteiger partial charge in [0, 0.05) is 5.02 Å². The molecule has 2 rings (SSSR count). The van der Waals surface area contributed by atoms with Crippen molar-refractivity contribution >= 4 is 23.2 Å². The number of hydrogen-bond donors (Lipinski definition) is 2. The fourth-order valence-electron chi connectivity index (χ4n) is 2.92. The van der Waals surface area contributed by atoms with Crippen LogP contribution in [-0.4, -0.2) is 18.5 Å². The van der Waals surface area contributed by atoms with Crippen molar-refractivity contribution in [2.24, 2.45) is 0 Å². The summed E-state index contributed by atoms with van der Waals surface area (Å²) in [7, 11) is 0. The number of nitrogens with zero attached hydrogens (tertiary/aromatic N) is 1. The van der Waals surface area contributed by atoms with Crippen molar-refractivity contribution in [2.75, 3.05) is 11.9 Å². The molecule has 0 spiro atoms. The Labute approximate surface area is 136 Å². The second-order valence-electron chi connectivity index (χ2n) is 5.89. The van der Waals surface area contributed by atoms with E-state index in [4.69, 9.17) is 16.9 Å². The van der Waals surface area contributed by atoms with Gasteiger partial charge in [0.05, 0.1) is 17.3 Å². The van der Waals surface area contributed by atoms with E-state index in [-0.39, 0.29) is 5.91 Å². The van der Waals surface area contributed by atoms with Crippen molar-refractivity contribution in [1.82, 2.24) is 0 Å². The lowest BCUT2D eigenvalue weighted by Crippen LogP contribution is -2.91. The van der Waals surface area contributed by atoms with Crippen molar-refractivity contribution < 1.29 is 10.1 Å². The Kier molecular flexibility index (Phi) is 6.70. The first-order valence-electron chi connectivity index (χ1n) is 8.02. The van der Waals surface area contributed by atoms with Crippen molar-refractivity contribution in [3.8, 4) is 6.07 Å². The maximum Gasteiger partial charge on any atom is 0.279 e. The highest BCUT2D eigenvalue weighted by Gasteiger charge is 2.16. The van der Waals surface area contributed by atoms with Crippen LogP contribution in [0.2, 0.25) is 5.02 Å². The number of benzene rings is 1. The minimum Gasteiger partial charge on any atom is -0.336 e. The minimum atomic E-state index is -0.0826. The summed E-state index contributed by atoms with van der Waals surface area (Å²) < 4.78 is 0. The van der Waals surface area contributed by atoms with Crippen molar-refractivity contribution in [2.45, 2.75) is 51.0 Å². The van der Waals surface area contributed by atoms with E-state index in [2.05, 4.69) is 16.7 Å². The standard InChI is InChI=1S/C17H22ClN3O/c18-14-9-8-13(11-19)16(10-14)21-17(22)12-20-15-6-4-2-1-3-5-7-15/h8-10,15,20H,1-7,12H2,(H,21,22)/p+1. The molecule has 1 fully saturated rings. The number of nitriles is 1. The molecule has 0 heterocycles. The van der Waals surface area contributed by atoms with Gasteiger partial charge in [0.15, 0.2) is 6.54 Å². The van der Waals surface area contributed by atoms with Gasteiger partial charge in [-0.1, -0.05) is 30.9 Å². The second-order valence-corrected chi connectivity index (χ2v) is 6.33. The molecule has 1 aromatic carbocycles. The maximum atomic E-state index is 12.1. The molecule has 0 saturated heterocycles. The molecule has 0 aliphatic heterocycles. The van der Waals surface area contributed by atoms with Gasteiger partial charge >= 0.3 is 0 Å². The number of carbonyl (C=O) groups is 1. The Hall–Kier alpha value is -1.57. The first-order valence-corrected chi connectivity index (χ1v) is 8.39. The van der Waals surface area contributed by atoms with E-state index in [0.29, 0.717) is 28.9 Å². The quantitative estimate of drug-likeness (QED) is 0.895. The zero-order chi connectivity index (χ0) is 15.8. The first-order chi connectivity index (χ1) is 10.7. The van der Waals surface area contributed by atoms with Crippen molar-refractivity contribution in [3.63, 3.8) is 0 Å². The zero-order valence-corrected chi connectivity index (χ0v) is 13.5. The summed E-state index contributed by atoms with van der Waals surface area (Å²) in [5.74, 6) is -0.0826. The second kappa shape index (κ2) is 8.77. The van der Waals surface area contributed by atoms with Gasteiger partial charge in [-0.15, -0.1) is 0 Å².